The Morgan fingerprint density at radius 2 is 1.74 bits per heavy atom. The highest BCUT2D eigenvalue weighted by molar-refractivity contribution is 5.84. The average Bonchev–Trinajstić information content (AvgIpc) is 3.40. The molecule has 1 aliphatic rings. The lowest BCUT2D eigenvalue weighted by atomic mass is 9.99. The van der Waals surface area contributed by atoms with Crippen molar-refractivity contribution < 1.29 is 28.5 Å². The maximum atomic E-state index is 12.7. The van der Waals surface area contributed by atoms with Crippen molar-refractivity contribution >= 4 is 11.8 Å². The molecule has 0 saturated carbocycles. The van der Waals surface area contributed by atoms with Gasteiger partial charge in [-0.3, -0.25) is 5.32 Å². The molecule has 0 bridgehead atoms. The first-order valence-corrected chi connectivity index (χ1v) is 12.8. The van der Waals surface area contributed by atoms with Crippen LogP contribution in [0.1, 0.15) is 32.3 Å². The predicted octanol–water partition coefficient (Wildman–Crippen LogP) is 4.75. The van der Waals surface area contributed by atoms with Gasteiger partial charge in [-0.05, 0) is 44.5 Å². The van der Waals surface area contributed by atoms with E-state index < -0.39 is 24.6 Å². The number of unbranched alkanes of at least 4 members (excludes halogenated alkanes) is 1. The summed E-state index contributed by atoms with van der Waals surface area (Å²) in [5, 5.41) is 7.30. The number of benzene rings is 2. The minimum Gasteiger partial charge on any atom is -0.416 e. The number of aromatic nitrogens is 3. The third-order valence-electron chi connectivity index (χ3n) is 6.48. The van der Waals surface area contributed by atoms with Gasteiger partial charge in [0.2, 0.25) is 6.29 Å². The second kappa shape index (κ2) is 13.0. The van der Waals surface area contributed by atoms with Gasteiger partial charge in [0.15, 0.2) is 5.82 Å². The van der Waals surface area contributed by atoms with Crippen molar-refractivity contribution in [3.05, 3.63) is 60.4 Å². The highest BCUT2D eigenvalue weighted by Crippen LogP contribution is 2.28. The Morgan fingerprint density at radius 1 is 1.03 bits per heavy atom. The molecule has 4 rings (SSSR count). The van der Waals surface area contributed by atoms with Crippen LogP contribution in [0.2, 0.25) is 0 Å². The SMILES string of the molecule is CCCCO[C@@H]1[C@@H](OC)[C@H](C)O[C@@H](OC(=O)Nc2ccc(-n3cnc(-c4ccc(C)cc4)n3)cc2)[C@@H]1OC. The van der Waals surface area contributed by atoms with Crippen LogP contribution in [0.5, 0.6) is 0 Å². The minimum atomic E-state index is -0.956. The van der Waals surface area contributed by atoms with E-state index in [1.807, 2.05) is 50.2 Å². The van der Waals surface area contributed by atoms with Crippen LogP contribution in [-0.4, -0.2) is 72.4 Å². The fourth-order valence-electron chi connectivity index (χ4n) is 4.37. The van der Waals surface area contributed by atoms with Gasteiger partial charge in [0.25, 0.3) is 0 Å². The van der Waals surface area contributed by atoms with Crippen LogP contribution in [0.25, 0.3) is 17.1 Å². The summed E-state index contributed by atoms with van der Waals surface area (Å²) >= 11 is 0. The van der Waals surface area contributed by atoms with Gasteiger partial charge in [-0.25, -0.2) is 14.5 Å². The average molecular weight is 525 g/mol. The number of carbonyl (C=O) groups excluding carboxylic acids is 1. The maximum absolute atomic E-state index is 12.7. The van der Waals surface area contributed by atoms with E-state index in [1.54, 1.807) is 30.3 Å². The summed E-state index contributed by atoms with van der Waals surface area (Å²) in [6, 6.07) is 15.2. The van der Waals surface area contributed by atoms with E-state index in [2.05, 4.69) is 22.3 Å². The third-order valence-corrected chi connectivity index (χ3v) is 6.48. The lowest BCUT2D eigenvalue weighted by molar-refractivity contribution is -0.292. The van der Waals surface area contributed by atoms with E-state index in [0.717, 1.165) is 24.1 Å². The molecule has 2 aromatic carbocycles. The molecule has 5 atom stereocenters. The Hall–Kier alpha value is -3.31. The summed E-state index contributed by atoms with van der Waals surface area (Å²) < 4.78 is 30.5. The Morgan fingerprint density at radius 3 is 2.39 bits per heavy atom. The van der Waals surface area contributed by atoms with Crippen molar-refractivity contribution in [3.8, 4) is 17.1 Å². The van der Waals surface area contributed by atoms with Gasteiger partial charge in [-0.15, -0.1) is 5.10 Å². The van der Waals surface area contributed by atoms with Crippen molar-refractivity contribution in [2.24, 2.45) is 0 Å². The number of methoxy groups -OCH3 is 2. The maximum Gasteiger partial charge on any atom is 0.414 e. The van der Waals surface area contributed by atoms with E-state index in [4.69, 9.17) is 23.7 Å². The van der Waals surface area contributed by atoms with Gasteiger partial charge in [0.05, 0.1) is 11.8 Å². The van der Waals surface area contributed by atoms with E-state index >= 15 is 0 Å². The molecule has 0 spiro atoms. The number of aryl methyl sites for hydroxylation is 1. The van der Waals surface area contributed by atoms with Crippen molar-refractivity contribution in [3.63, 3.8) is 0 Å². The monoisotopic (exact) mass is 524 g/mol. The minimum absolute atomic E-state index is 0.351. The number of hydrogen-bond donors (Lipinski definition) is 1. The van der Waals surface area contributed by atoms with Gasteiger partial charge in [-0.2, -0.15) is 0 Å². The smallest absolute Gasteiger partial charge is 0.414 e. The molecule has 1 amide bonds. The number of hydrogen-bond acceptors (Lipinski definition) is 8. The first-order valence-electron chi connectivity index (χ1n) is 12.8. The zero-order valence-corrected chi connectivity index (χ0v) is 22.5. The number of ether oxygens (including phenoxy) is 5. The summed E-state index contributed by atoms with van der Waals surface area (Å²) in [7, 11) is 3.14. The first kappa shape index (κ1) is 27.7. The van der Waals surface area contributed by atoms with Crippen LogP contribution in [0, 0.1) is 6.92 Å². The van der Waals surface area contributed by atoms with Crippen LogP contribution in [0.3, 0.4) is 0 Å². The van der Waals surface area contributed by atoms with Gasteiger partial charge in [0.1, 0.15) is 24.6 Å². The van der Waals surface area contributed by atoms with Crippen molar-refractivity contribution in [1.82, 2.24) is 14.8 Å². The van der Waals surface area contributed by atoms with Crippen molar-refractivity contribution in [1.29, 1.82) is 0 Å². The molecule has 2 heterocycles. The molecule has 1 saturated heterocycles. The molecule has 1 fully saturated rings. The van der Waals surface area contributed by atoms with Gasteiger partial charge < -0.3 is 23.7 Å². The third kappa shape index (κ3) is 6.57. The largest absolute Gasteiger partial charge is 0.416 e. The number of carbonyl (C=O) groups is 1. The normalized spacial score (nSPS) is 23.2. The van der Waals surface area contributed by atoms with E-state index in [9.17, 15) is 4.79 Å². The van der Waals surface area contributed by atoms with Crippen LogP contribution < -0.4 is 5.32 Å². The first-order chi connectivity index (χ1) is 18.4. The topological polar surface area (TPSA) is 106 Å². The van der Waals surface area contributed by atoms with E-state index in [0.29, 0.717) is 18.1 Å². The van der Waals surface area contributed by atoms with Crippen molar-refractivity contribution in [2.75, 3.05) is 26.1 Å². The Labute approximate surface area is 223 Å². The second-order valence-electron chi connectivity index (χ2n) is 9.26. The number of rotatable bonds is 10. The zero-order chi connectivity index (χ0) is 27.1. The standard InChI is InChI=1S/C28H36N4O6/c1-6-7-16-36-24-23(34-4)19(3)37-27(25(24)35-5)38-28(33)30-21-12-14-22(15-13-21)32-17-29-26(31-32)20-10-8-18(2)9-11-20/h8-15,17,19,23-25,27H,6-7,16H2,1-5H3,(H,30,33)/t19-,23-,24+,25+,27-/m0/s1. The molecule has 204 valence electrons. The van der Waals surface area contributed by atoms with Crippen LogP contribution in [-0.2, 0) is 23.7 Å². The van der Waals surface area contributed by atoms with Crippen LogP contribution in [0.4, 0.5) is 10.5 Å². The number of nitrogens with zero attached hydrogens (tertiary/aromatic N) is 3. The summed E-state index contributed by atoms with van der Waals surface area (Å²) in [6.45, 7) is 6.54. The highest BCUT2D eigenvalue weighted by Gasteiger charge is 2.47. The van der Waals surface area contributed by atoms with Crippen LogP contribution in [0.15, 0.2) is 54.9 Å². The lowest BCUT2D eigenvalue weighted by Crippen LogP contribution is -2.60. The number of nitrogens with one attached hydrogen (secondary N) is 1. The molecule has 0 unspecified atom stereocenters. The Balaban J connectivity index is 1.38. The lowest BCUT2D eigenvalue weighted by Gasteiger charge is -2.43. The van der Waals surface area contributed by atoms with Crippen LogP contribution >= 0.6 is 0 Å². The molecule has 3 aromatic rings. The molecule has 1 N–H and O–H groups in total. The molecule has 38 heavy (non-hydrogen) atoms. The molecular weight excluding hydrogens is 488 g/mol. The summed E-state index contributed by atoms with van der Waals surface area (Å²) in [4.78, 5) is 17.1. The number of amides is 1. The summed E-state index contributed by atoms with van der Waals surface area (Å²) in [6.07, 6.45) is 0.150. The molecule has 1 aromatic heterocycles. The molecular formula is C28H36N4O6. The predicted molar refractivity (Wildman–Crippen MR) is 142 cm³/mol. The van der Waals surface area contributed by atoms with Crippen molar-refractivity contribution in [2.45, 2.75) is 64.3 Å². The Bertz CT molecular complexity index is 1170. The van der Waals surface area contributed by atoms with E-state index in [1.165, 1.54) is 12.7 Å². The summed E-state index contributed by atoms with van der Waals surface area (Å²) in [5.41, 5.74) is 3.48. The number of anilines is 1. The Kier molecular flexibility index (Phi) is 9.46. The fourth-order valence-corrected chi connectivity index (χ4v) is 4.37. The van der Waals surface area contributed by atoms with Gasteiger partial charge in [-0.1, -0.05) is 43.2 Å². The quantitative estimate of drug-likeness (QED) is 0.379. The molecule has 10 heteroatoms. The molecule has 0 aliphatic carbocycles. The van der Waals surface area contributed by atoms with Gasteiger partial charge >= 0.3 is 6.09 Å². The van der Waals surface area contributed by atoms with Gasteiger partial charge in [0, 0.05) is 32.1 Å². The zero-order valence-electron chi connectivity index (χ0n) is 22.5. The van der Waals surface area contributed by atoms with E-state index in [-0.39, 0.29) is 12.2 Å². The summed E-state index contributed by atoms with van der Waals surface area (Å²) in [5.74, 6) is 0.637. The molecule has 10 nitrogen and oxygen atoms in total. The second-order valence-corrected chi connectivity index (χ2v) is 9.26. The fraction of sp³-hybridized carbons (Fsp3) is 0.464. The molecule has 1 aliphatic heterocycles. The highest BCUT2D eigenvalue weighted by atomic mass is 16.7. The molecule has 0 radical (unpaired) electrons.